The molecule has 10 heteroatoms. The second kappa shape index (κ2) is 12.4. The van der Waals surface area contributed by atoms with Crippen LogP contribution in [0.2, 0.25) is 0 Å². The van der Waals surface area contributed by atoms with E-state index in [2.05, 4.69) is 15.0 Å². The van der Waals surface area contributed by atoms with Crippen LogP contribution in [0.25, 0.3) is 0 Å². The van der Waals surface area contributed by atoms with Gasteiger partial charge in [0.15, 0.2) is 5.17 Å². The molecule has 2 amide bonds. The van der Waals surface area contributed by atoms with Gasteiger partial charge in [-0.3, -0.25) is 14.5 Å². The Kier molecular flexibility index (Phi) is 8.75. The highest BCUT2D eigenvalue weighted by molar-refractivity contribution is 8.15. The summed E-state index contributed by atoms with van der Waals surface area (Å²) in [5, 5.41) is 2.37. The molecule has 0 bridgehead atoms. The molecule has 0 unspecified atom stereocenters. The van der Waals surface area contributed by atoms with Gasteiger partial charge in [0, 0.05) is 18.7 Å². The van der Waals surface area contributed by atoms with E-state index < -0.39 is 17.0 Å². The smallest absolute Gasteiger partial charge is 0.337 e. The summed E-state index contributed by atoms with van der Waals surface area (Å²) >= 11 is 1.14. The fourth-order valence-electron chi connectivity index (χ4n) is 3.80. The standard InChI is InChI=1S/C28H26FN3O5S/c1-36-21-13-7-18(8-14-21)15-16-32-26(34)24(38-28(32)31-23-6-4-3-5-22(23)29)17-25(33)30-20-11-9-19(10-12-20)27(35)37-2/h3-14,24H,15-17H2,1-2H3,(H,30,33)/t24-/m0/s1. The van der Waals surface area contributed by atoms with Gasteiger partial charge in [0.05, 0.1) is 19.8 Å². The zero-order valence-corrected chi connectivity index (χ0v) is 21.7. The third-order valence-electron chi connectivity index (χ3n) is 5.83. The maximum atomic E-state index is 14.3. The molecule has 0 aromatic heterocycles. The first kappa shape index (κ1) is 26.9. The van der Waals surface area contributed by atoms with Crippen LogP contribution in [-0.2, 0) is 20.7 Å². The summed E-state index contributed by atoms with van der Waals surface area (Å²) in [7, 11) is 2.88. The van der Waals surface area contributed by atoms with Crippen molar-refractivity contribution in [2.75, 3.05) is 26.1 Å². The molecule has 0 saturated carbocycles. The van der Waals surface area contributed by atoms with Gasteiger partial charge in [-0.05, 0) is 60.5 Å². The van der Waals surface area contributed by atoms with Crippen LogP contribution < -0.4 is 10.1 Å². The zero-order valence-electron chi connectivity index (χ0n) is 20.8. The van der Waals surface area contributed by atoms with E-state index in [9.17, 15) is 18.8 Å². The molecule has 1 fully saturated rings. The third kappa shape index (κ3) is 6.57. The minimum Gasteiger partial charge on any atom is -0.497 e. The van der Waals surface area contributed by atoms with Crippen LogP contribution in [0.4, 0.5) is 15.8 Å². The highest BCUT2D eigenvalue weighted by Gasteiger charge is 2.39. The van der Waals surface area contributed by atoms with E-state index >= 15 is 0 Å². The minimum absolute atomic E-state index is 0.0996. The van der Waals surface area contributed by atoms with Crippen molar-refractivity contribution in [2.24, 2.45) is 4.99 Å². The maximum absolute atomic E-state index is 14.3. The number of thioether (sulfide) groups is 1. The molecular formula is C28H26FN3O5S. The van der Waals surface area contributed by atoms with Gasteiger partial charge < -0.3 is 14.8 Å². The molecule has 1 aliphatic rings. The first-order chi connectivity index (χ1) is 18.4. The lowest BCUT2D eigenvalue weighted by atomic mass is 10.1. The SMILES string of the molecule is COC(=O)c1ccc(NC(=O)C[C@@H]2SC(=Nc3ccccc3F)N(CCc3ccc(OC)cc3)C2=O)cc1. The van der Waals surface area contributed by atoms with Gasteiger partial charge in [0.2, 0.25) is 11.8 Å². The Bertz CT molecular complexity index is 1350. The van der Waals surface area contributed by atoms with Gasteiger partial charge in [-0.25, -0.2) is 14.2 Å². The first-order valence-electron chi connectivity index (χ1n) is 11.8. The minimum atomic E-state index is -0.717. The number of esters is 1. The van der Waals surface area contributed by atoms with Gasteiger partial charge in [-0.15, -0.1) is 0 Å². The average molecular weight is 536 g/mol. The van der Waals surface area contributed by atoms with Crippen LogP contribution in [-0.4, -0.2) is 53.9 Å². The number of aliphatic imine (C=N–C) groups is 1. The van der Waals surface area contributed by atoms with Crippen LogP contribution in [0.1, 0.15) is 22.3 Å². The summed E-state index contributed by atoms with van der Waals surface area (Å²) in [6.07, 6.45) is 0.440. The predicted octanol–water partition coefficient (Wildman–Crippen LogP) is 4.82. The highest BCUT2D eigenvalue weighted by Crippen LogP contribution is 2.33. The number of ether oxygens (including phenoxy) is 2. The number of anilines is 1. The summed E-state index contributed by atoms with van der Waals surface area (Å²) in [6.45, 7) is 0.318. The number of amides is 2. The number of carbonyl (C=O) groups excluding carboxylic acids is 3. The monoisotopic (exact) mass is 535 g/mol. The largest absolute Gasteiger partial charge is 0.497 e. The molecule has 0 spiro atoms. The molecule has 1 saturated heterocycles. The fourth-order valence-corrected chi connectivity index (χ4v) is 4.97. The fraction of sp³-hybridized carbons (Fsp3) is 0.214. The van der Waals surface area contributed by atoms with Crippen molar-refractivity contribution in [2.45, 2.75) is 18.1 Å². The normalized spacial score (nSPS) is 16.0. The van der Waals surface area contributed by atoms with E-state index in [1.165, 1.54) is 36.3 Å². The lowest BCUT2D eigenvalue weighted by Gasteiger charge is -2.17. The number of nitrogens with zero attached hydrogens (tertiary/aromatic N) is 2. The average Bonchev–Trinajstić information content (AvgIpc) is 3.22. The van der Waals surface area contributed by atoms with Gasteiger partial charge in [-0.2, -0.15) is 0 Å². The number of para-hydroxylation sites is 1. The van der Waals surface area contributed by atoms with E-state index in [-0.39, 0.29) is 23.9 Å². The van der Waals surface area contributed by atoms with Crippen molar-refractivity contribution >= 4 is 46.1 Å². The Hall–Kier alpha value is -4.18. The Morgan fingerprint density at radius 3 is 2.39 bits per heavy atom. The first-order valence-corrected chi connectivity index (χ1v) is 12.7. The molecule has 1 heterocycles. The zero-order chi connectivity index (χ0) is 27.1. The van der Waals surface area contributed by atoms with Crippen molar-refractivity contribution < 1.29 is 28.2 Å². The number of rotatable bonds is 9. The Morgan fingerprint density at radius 2 is 1.74 bits per heavy atom. The number of hydrogen-bond acceptors (Lipinski definition) is 7. The third-order valence-corrected chi connectivity index (χ3v) is 7.01. The van der Waals surface area contributed by atoms with Crippen LogP contribution in [0.3, 0.4) is 0 Å². The van der Waals surface area contributed by atoms with Crippen molar-refractivity contribution in [3.63, 3.8) is 0 Å². The van der Waals surface area contributed by atoms with Crippen molar-refractivity contribution in [3.8, 4) is 5.75 Å². The predicted molar refractivity (Wildman–Crippen MR) is 144 cm³/mol. The number of nitrogens with one attached hydrogen (secondary N) is 1. The van der Waals surface area contributed by atoms with Crippen LogP contribution in [0, 0.1) is 5.82 Å². The van der Waals surface area contributed by atoms with Gasteiger partial charge in [-0.1, -0.05) is 36.0 Å². The number of amidine groups is 1. The summed E-state index contributed by atoms with van der Waals surface area (Å²) in [4.78, 5) is 43.6. The summed E-state index contributed by atoms with van der Waals surface area (Å²) < 4.78 is 24.2. The number of halogens is 1. The van der Waals surface area contributed by atoms with Gasteiger partial charge in [0.1, 0.15) is 22.5 Å². The van der Waals surface area contributed by atoms with Crippen molar-refractivity contribution in [1.82, 2.24) is 4.90 Å². The van der Waals surface area contributed by atoms with Crippen LogP contribution in [0.5, 0.6) is 5.75 Å². The summed E-state index contributed by atoms with van der Waals surface area (Å²) in [5.74, 6) is -0.889. The van der Waals surface area contributed by atoms with E-state index in [0.717, 1.165) is 23.1 Å². The lowest BCUT2D eigenvalue weighted by molar-refractivity contribution is -0.128. The van der Waals surface area contributed by atoms with E-state index in [0.29, 0.717) is 29.4 Å². The number of methoxy groups -OCH3 is 2. The molecule has 3 aromatic rings. The molecule has 1 atom stereocenters. The van der Waals surface area contributed by atoms with E-state index in [4.69, 9.17) is 4.74 Å². The van der Waals surface area contributed by atoms with Crippen LogP contribution in [0.15, 0.2) is 77.8 Å². The molecule has 8 nitrogen and oxygen atoms in total. The summed E-state index contributed by atoms with van der Waals surface area (Å²) in [6, 6.07) is 19.8. The number of carbonyl (C=O) groups is 3. The van der Waals surface area contributed by atoms with Gasteiger partial charge >= 0.3 is 5.97 Å². The maximum Gasteiger partial charge on any atom is 0.337 e. The molecule has 4 rings (SSSR count). The molecule has 1 aliphatic heterocycles. The van der Waals surface area contributed by atoms with E-state index in [1.807, 2.05) is 24.3 Å². The molecule has 1 N–H and O–H groups in total. The molecule has 38 heavy (non-hydrogen) atoms. The quantitative estimate of drug-likeness (QED) is 0.395. The molecule has 3 aromatic carbocycles. The van der Waals surface area contributed by atoms with Crippen molar-refractivity contribution in [1.29, 1.82) is 0 Å². The Balaban J connectivity index is 1.48. The molecule has 196 valence electrons. The lowest BCUT2D eigenvalue weighted by Crippen LogP contribution is -2.35. The second-order valence-corrected chi connectivity index (χ2v) is 9.53. The summed E-state index contributed by atoms with van der Waals surface area (Å²) in [5.41, 5.74) is 1.95. The topological polar surface area (TPSA) is 97.3 Å². The molecule has 0 radical (unpaired) electrons. The molecule has 0 aliphatic carbocycles. The van der Waals surface area contributed by atoms with E-state index in [1.54, 1.807) is 31.4 Å². The van der Waals surface area contributed by atoms with Crippen molar-refractivity contribution in [3.05, 3.63) is 89.7 Å². The van der Waals surface area contributed by atoms with Crippen LogP contribution >= 0.6 is 11.8 Å². The number of hydrogen-bond donors (Lipinski definition) is 1. The highest BCUT2D eigenvalue weighted by atomic mass is 32.2. The number of benzene rings is 3. The van der Waals surface area contributed by atoms with Gasteiger partial charge in [0.25, 0.3) is 0 Å². The second-order valence-electron chi connectivity index (χ2n) is 8.36. The Morgan fingerprint density at radius 1 is 1.03 bits per heavy atom. The Labute approximate surface area is 223 Å². The molecular weight excluding hydrogens is 509 g/mol.